The average Bonchev–Trinajstić information content (AvgIpc) is 3.66. The SMILES string of the molecule is [B]c1c([B])c([B])c2c(-c3ccc4c(ccc5ccccc54)c3)c3c([B])c([B])c([B])c([B])c3c(-c3ccc(-c4ccc5oc6c7ccccc7ccc6c5c4)cc3)c2c1[B]. The maximum atomic E-state index is 7.02. The van der Waals surface area contributed by atoms with Gasteiger partial charge in [-0.25, -0.2) is 0 Å². The minimum Gasteiger partial charge on any atom is -0.455 e. The first kappa shape index (κ1) is 35.9. The Morgan fingerprint density at radius 1 is 0.288 bits per heavy atom. The summed E-state index contributed by atoms with van der Waals surface area (Å²) in [5, 5.41) is 11.0. The predicted molar refractivity (Wildman–Crippen MR) is 261 cm³/mol. The Bertz CT molecular complexity index is 3560. The van der Waals surface area contributed by atoms with Crippen LogP contribution >= 0.6 is 0 Å². The average molecular weight is 725 g/mol. The molecular formula is C50H22B8O. The highest BCUT2D eigenvalue weighted by Gasteiger charge is 2.25. The molecule has 16 radical (unpaired) electrons. The van der Waals surface area contributed by atoms with Crippen molar-refractivity contribution in [3.05, 3.63) is 133 Å². The number of furan rings is 1. The first-order valence-corrected chi connectivity index (χ1v) is 19.2. The summed E-state index contributed by atoms with van der Waals surface area (Å²) in [7, 11) is 54.7. The van der Waals surface area contributed by atoms with Crippen LogP contribution in [0, 0.1) is 0 Å². The van der Waals surface area contributed by atoms with Crippen LogP contribution in [-0.2, 0) is 0 Å². The van der Waals surface area contributed by atoms with Crippen molar-refractivity contribution in [1.82, 2.24) is 0 Å². The van der Waals surface area contributed by atoms with Gasteiger partial charge in [0.15, 0.2) is 0 Å². The third-order valence-corrected chi connectivity index (χ3v) is 12.2. The second kappa shape index (κ2) is 13.2. The Balaban J connectivity index is 1.18. The van der Waals surface area contributed by atoms with Gasteiger partial charge in [0.25, 0.3) is 0 Å². The summed E-state index contributed by atoms with van der Waals surface area (Å²) in [6.45, 7) is 0. The van der Waals surface area contributed by atoms with E-state index in [2.05, 4.69) is 84.9 Å². The highest BCUT2D eigenvalue weighted by molar-refractivity contribution is 6.71. The van der Waals surface area contributed by atoms with E-state index in [1.807, 2.05) is 48.5 Å². The van der Waals surface area contributed by atoms with E-state index in [9.17, 15) is 0 Å². The van der Waals surface area contributed by atoms with Crippen LogP contribution in [0.4, 0.5) is 0 Å². The number of rotatable bonds is 3. The molecule has 59 heavy (non-hydrogen) atoms. The lowest BCUT2D eigenvalue weighted by molar-refractivity contribution is 0.672. The van der Waals surface area contributed by atoms with Crippen LogP contribution < -0.4 is 43.7 Å². The highest BCUT2D eigenvalue weighted by Crippen LogP contribution is 2.43. The molecule has 0 aliphatic rings. The van der Waals surface area contributed by atoms with Gasteiger partial charge in [0.1, 0.15) is 73.9 Å². The van der Waals surface area contributed by atoms with Crippen LogP contribution in [0.25, 0.3) is 109 Å². The maximum Gasteiger partial charge on any atom is 0.143 e. The molecule has 10 aromatic carbocycles. The Hall–Kier alpha value is -6.18. The van der Waals surface area contributed by atoms with Crippen molar-refractivity contribution in [2.45, 2.75) is 0 Å². The number of benzene rings is 10. The van der Waals surface area contributed by atoms with Crippen LogP contribution in [0.15, 0.2) is 138 Å². The molecule has 0 unspecified atom stereocenters. The molecule has 0 aliphatic heterocycles. The van der Waals surface area contributed by atoms with Crippen LogP contribution in [0.5, 0.6) is 0 Å². The summed E-state index contributed by atoms with van der Waals surface area (Å²) in [4.78, 5) is 0. The molecule has 0 atom stereocenters. The normalized spacial score (nSPS) is 11.9. The molecule has 0 bridgehead atoms. The van der Waals surface area contributed by atoms with E-state index >= 15 is 0 Å². The van der Waals surface area contributed by atoms with Crippen molar-refractivity contribution in [1.29, 1.82) is 0 Å². The topological polar surface area (TPSA) is 13.1 Å². The standard InChI is InChI=1S/C50H22B8O/c51-42-38-36(26-12-9-23(10-13-26)27-17-20-35-34(22-27)33-19-15-25-6-2-4-8-32(25)50(33)59-35)39-41(45(54)49(58)47(56)43(39)52)37(40(38)44(53)48(57)46(42)55)29-16-18-31-28(21-29)14-11-24-5-1-3-7-30(24)31/h1-22H. The van der Waals surface area contributed by atoms with Crippen molar-refractivity contribution >= 4 is 182 Å². The van der Waals surface area contributed by atoms with Crippen LogP contribution in [0.2, 0.25) is 0 Å². The first-order valence-electron chi connectivity index (χ1n) is 19.2. The molecule has 0 N–H and O–H groups in total. The summed E-state index contributed by atoms with van der Waals surface area (Å²) in [6, 6.07) is 45.7. The van der Waals surface area contributed by atoms with E-state index in [4.69, 9.17) is 67.2 Å². The number of fused-ring (bicyclic) bond motifs is 10. The van der Waals surface area contributed by atoms with Gasteiger partial charge >= 0.3 is 0 Å². The molecule has 1 nitrogen and oxygen atoms in total. The van der Waals surface area contributed by atoms with Crippen molar-refractivity contribution in [3.63, 3.8) is 0 Å². The van der Waals surface area contributed by atoms with Crippen molar-refractivity contribution in [2.75, 3.05) is 0 Å². The fourth-order valence-corrected chi connectivity index (χ4v) is 9.21. The molecule has 9 heteroatoms. The molecule has 0 aliphatic carbocycles. The second-order valence-corrected chi connectivity index (χ2v) is 15.3. The number of hydrogen-bond donors (Lipinski definition) is 0. The zero-order chi connectivity index (χ0) is 40.4. The largest absolute Gasteiger partial charge is 0.455 e. The summed E-state index contributed by atoms with van der Waals surface area (Å²) in [5.41, 5.74) is 8.39. The van der Waals surface area contributed by atoms with E-state index in [1.165, 1.54) is 0 Å². The summed E-state index contributed by atoms with van der Waals surface area (Å²) >= 11 is 0. The Kier molecular flexibility index (Phi) is 8.02. The minimum atomic E-state index is 0.173. The highest BCUT2D eigenvalue weighted by atomic mass is 16.3. The van der Waals surface area contributed by atoms with E-state index < -0.39 is 0 Å². The third kappa shape index (κ3) is 5.16. The molecule has 0 saturated carbocycles. The maximum absolute atomic E-state index is 7.02. The van der Waals surface area contributed by atoms with Crippen LogP contribution in [0.1, 0.15) is 0 Å². The van der Waals surface area contributed by atoms with Gasteiger partial charge in [-0.15, -0.1) is 21.9 Å². The molecule has 11 aromatic rings. The Labute approximate surface area is 351 Å². The van der Waals surface area contributed by atoms with Gasteiger partial charge in [-0.2, -0.15) is 0 Å². The lowest BCUT2D eigenvalue weighted by Crippen LogP contribution is -2.50. The molecular weight excluding hydrogens is 703 g/mol. The molecule has 252 valence electrons. The zero-order valence-electron chi connectivity index (χ0n) is 31.7. The van der Waals surface area contributed by atoms with Crippen molar-refractivity contribution in [3.8, 4) is 33.4 Å². The predicted octanol–water partition coefficient (Wildman–Crippen LogP) is 4.70. The Morgan fingerprint density at radius 2 is 0.729 bits per heavy atom. The fourth-order valence-electron chi connectivity index (χ4n) is 9.21. The molecule has 0 amide bonds. The summed E-state index contributed by atoms with van der Waals surface area (Å²) in [6.07, 6.45) is 0. The van der Waals surface area contributed by atoms with E-state index in [-0.39, 0.29) is 43.7 Å². The fraction of sp³-hybridized carbons (Fsp3) is 0. The van der Waals surface area contributed by atoms with Crippen LogP contribution in [0.3, 0.4) is 0 Å². The quantitative estimate of drug-likeness (QED) is 0.146. The lowest BCUT2D eigenvalue weighted by Gasteiger charge is -2.28. The monoisotopic (exact) mass is 726 g/mol. The van der Waals surface area contributed by atoms with Crippen molar-refractivity contribution < 1.29 is 4.42 Å². The number of hydrogen-bond acceptors (Lipinski definition) is 1. The molecule has 11 rings (SSSR count). The zero-order valence-corrected chi connectivity index (χ0v) is 31.7. The molecule has 1 aromatic heterocycles. The van der Waals surface area contributed by atoms with E-state index in [0.29, 0.717) is 32.7 Å². The second-order valence-electron chi connectivity index (χ2n) is 15.3. The van der Waals surface area contributed by atoms with Gasteiger partial charge in [-0.1, -0.05) is 131 Å². The van der Waals surface area contributed by atoms with Gasteiger partial charge in [-0.05, 0) is 106 Å². The van der Waals surface area contributed by atoms with Gasteiger partial charge < -0.3 is 4.42 Å². The van der Waals surface area contributed by atoms with Crippen LogP contribution in [-0.4, -0.2) is 62.8 Å². The van der Waals surface area contributed by atoms with Gasteiger partial charge in [0.2, 0.25) is 0 Å². The molecule has 0 saturated heterocycles. The van der Waals surface area contributed by atoms with E-state index in [0.717, 1.165) is 76.5 Å². The third-order valence-electron chi connectivity index (χ3n) is 12.2. The van der Waals surface area contributed by atoms with Gasteiger partial charge in [0.05, 0.1) is 0 Å². The molecule has 0 spiro atoms. The van der Waals surface area contributed by atoms with Crippen molar-refractivity contribution in [2.24, 2.45) is 0 Å². The summed E-state index contributed by atoms with van der Waals surface area (Å²) in [5.74, 6) is 0. The minimum absolute atomic E-state index is 0.173. The van der Waals surface area contributed by atoms with Gasteiger partial charge in [-0.3, -0.25) is 0 Å². The smallest absolute Gasteiger partial charge is 0.143 e. The lowest BCUT2D eigenvalue weighted by atomic mass is 9.59. The Morgan fingerprint density at radius 3 is 1.36 bits per heavy atom. The first-order chi connectivity index (χ1) is 28.6. The molecule has 1 heterocycles. The molecule has 0 fully saturated rings. The van der Waals surface area contributed by atoms with E-state index in [1.54, 1.807) is 0 Å². The summed E-state index contributed by atoms with van der Waals surface area (Å²) < 4.78 is 6.39. The van der Waals surface area contributed by atoms with Gasteiger partial charge in [0, 0.05) is 16.2 Å².